The van der Waals surface area contributed by atoms with Crippen molar-refractivity contribution in [2.75, 3.05) is 6.61 Å². The second kappa shape index (κ2) is 6.76. The van der Waals surface area contributed by atoms with Crippen LogP contribution >= 0.6 is 0 Å². The van der Waals surface area contributed by atoms with E-state index in [0.717, 1.165) is 30.9 Å². The van der Waals surface area contributed by atoms with Gasteiger partial charge in [-0.2, -0.15) is 0 Å². The molecule has 0 unspecified atom stereocenters. The molecule has 0 fully saturated rings. The fourth-order valence-electron chi connectivity index (χ4n) is 2.84. The van der Waals surface area contributed by atoms with Gasteiger partial charge in [0.05, 0.1) is 6.61 Å². The van der Waals surface area contributed by atoms with Gasteiger partial charge in [-0.15, -0.1) is 10.2 Å². The number of hydrogen-bond acceptors (Lipinski definition) is 5. The van der Waals surface area contributed by atoms with Crippen LogP contribution in [-0.4, -0.2) is 38.3 Å². The lowest BCUT2D eigenvalue weighted by Gasteiger charge is -2.25. The van der Waals surface area contributed by atoms with Crippen LogP contribution in [0.3, 0.4) is 0 Å². The van der Waals surface area contributed by atoms with E-state index < -0.39 is 0 Å². The van der Waals surface area contributed by atoms with Gasteiger partial charge in [-0.1, -0.05) is 6.92 Å². The largest absolute Gasteiger partial charge is 0.477 e. The lowest BCUT2D eigenvalue weighted by atomic mass is 10.1. The molecule has 0 saturated heterocycles. The molecule has 7 heteroatoms. The molecule has 0 bridgehead atoms. The van der Waals surface area contributed by atoms with E-state index >= 15 is 0 Å². The summed E-state index contributed by atoms with van der Waals surface area (Å²) in [7, 11) is 0. The number of aromatic nitrogens is 4. The first-order chi connectivity index (χ1) is 11.2. The summed E-state index contributed by atoms with van der Waals surface area (Å²) in [5.74, 6) is 2.20. The average Bonchev–Trinajstić information content (AvgIpc) is 2.98. The number of aryl methyl sites for hydroxylation is 2. The maximum atomic E-state index is 12.5. The zero-order valence-corrected chi connectivity index (χ0v) is 13.5. The summed E-state index contributed by atoms with van der Waals surface area (Å²) < 4.78 is 7.54. The minimum atomic E-state index is -0.152. The van der Waals surface area contributed by atoms with Crippen LogP contribution in [-0.2, 0) is 19.4 Å². The highest BCUT2D eigenvalue weighted by Crippen LogP contribution is 2.18. The number of carbonyl (C=O) groups is 1. The lowest BCUT2D eigenvalue weighted by Crippen LogP contribution is -2.41. The van der Waals surface area contributed by atoms with Gasteiger partial charge in [0.2, 0.25) is 5.88 Å². The third kappa shape index (κ3) is 3.18. The third-order valence-electron chi connectivity index (χ3n) is 3.97. The monoisotopic (exact) mass is 315 g/mol. The first-order valence-corrected chi connectivity index (χ1v) is 8.02. The normalized spacial score (nSPS) is 16.7. The van der Waals surface area contributed by atoms with E-state index in [4.69, 9.17) is 4.74 Å². The van der Waals surface area contributed by atoms with E-state index in [0.29, 0.717) is 24.6 Å². The van der Waals surface area contributed by atoms with Crippen molar-refractivity contribution in [2.24, 2.45) is 0 Å². The van der Waals surface area contributed by atoms with Gasteiger partial charge in [-0.3, -0.25) is 4.79 Å². The van der Waals surface area contributed by atoms with Gasteiger partial charge < -0.3 is 14.6 Å². The van der Waals surface area contributed by atoms with Crippen molar-refractivity contribution in [1.82, 2.24) is 25.1 Å². The van der Waals surface area contributed by atoms with Gasteiger partial charge in [0.25, 0.3) is 5.91 Å². The molecule has 1 aliphatic rings. The van der Waals surface area contributed by atoms with Crippen LogP contribution in [0.1, 0.15) is 42.3 Å². The average molecular weight is 315 g/mol. The summed E-state index contributed by atoms with van der Waals surface area (Å²) in [4.78, 5) is 16.7. The van der Waals surface area contributed by atoms with Crippen molar-refractivity contribution in [3.8, 4) is 5.88 Å². The Bertz CT molecular complexity index is 684. The molecule has 7 nitrogen and oxygen atoms in total. The molecule has 3 rings (SSSR count). The number of rotatable bonds is 5. The number of pyridine rings is 1. The predicted octanol–water partition coefficient (Wildman–Crippen LogP) is 1.38. The van der Waals surface area contributed by atoms with Crippen molar-refractivity contribution >= 4 is 5.91 Å². The van der Waals surface area contributed by atoms with Crippen molar-refractivity contribution in [1.29, 1.82) is 0 Å². The van der Waals surface area contributed by atoms with E-state index in [1.807, 2.05) is 6.92 Å². The van der Waals surface area contributed by atoms with Gasteiger partial charge in [-0.05, 0) is 25.5 Å². The number of nitrogens with zero attached hydrogens (tertiary/aromatic N) is 4. The van der Waals surface area contributed by atoms with Crippen LogP contribution in [0.2, 0.25) is 0 Å². The lowest BCUT2D eigenvalue weighted by molar-refractivity contribution is 0.0922. The molecule has 2 aromatic heterocycles. The Labute approximate surface area is 135 Å². The van der Waals surface area contributed by atoms with Crippen molar-refractivity contribution in [3.05, 3.63) is 35.5 Å². The Morgan fingerprint density at radius 1 is 1.43 bits per heavy atom. The predicted molar refractivity (Wildman–Crippen MR) is 84.4 cm³/mol. The number of ether oxygens (including phenoxy) is 1. The summed E-state index contributed by atoms with van der Waals surface area (Å²) in [6.45, 7) is 5.12. The zero-order chi connectivity index (χ0) is 16.2. The second-order valence-corrected chi connectivity index (χ2v) is 5.49. The van der Waals surface area contributed by atoms with Crippen LogP contribution < -0.4 is 10.1 Å². The molecule has 0 radical (unpaired) electrons. The molecule has 0 saturated carbocycles. The first kappa shape index (κ1) is 15.5. The topological polar surface area (TPSA) is 81.9 Å². The zero-order valence-electron chi connectivity index (χ0n) is 13.5. The molecule has 1 amide bonds. The molecule has 0 aliphatic carbocycles. The van der Waals surface area contributed by atoms with Gasteiger partial charge in [0.1, 0.15) is 17.2 Å². The number of amides is 1. The molecule has 122 valence electrons. The molecule has 1 aliphatic heterocycles. The fourth-order valence-corrected chi connectivity index (χ4v) is 2.84. The Hall–Kier alpha value is -2.44. The molecule has 1 atom stereocenters. The summed E-state index contributed by atoms with van der Waals surface area (Å²) in [5.41, 5.74) is 0.472. The Morgan fingerprint density at radius 2 is 2.30 bits per heavy atom. The maximum absolute atomic E-state index is 12.5. The molecule has 23 heavy (non-hydrogen) atoms. The van der Waals surface area contributed by atoms with Crippen LogP contribution in [0, 0.1) is 0 Å². The summed E-state index contributed by atoms with van der Waals surface area (Å²) in [6, 6.07) is 3.54. The van der Waals surface area contributed by atoms with Crippen LogP contribution in [0.15, 0.2) is 18.3 Å². The SMILES string of the molecule is CCOc1ncccc1C(=O)N[C@H]1CCc2nnc(CC)n2C1. The van der Waals surface area contributed by atoms with Crippen molar-refractivity contribution < 1.29 is 9.53 Å². The number of nitrogens with one attached hydrogen (secondary N) is 1. The standard InChI is InChI=1S/C16H21N5O2/c1-3-13-19-20-14-8-7-11(10-21(13)14)18-15(22)12-6-5-9-17-16(12)23-4-2/h5-6,9,11H,3-4,7-8,10H2,1-2H3,(H,18,22)/t11-/m0/s1. The van der Waals surface area contributed by atoms with Gasteiger partial charge in [-0.25, -0.2) is 4.98 Å². The third-order valence-corrected chi connectivity index (χ3v) is 3.97. The van der Waals surface area contributed by atoms with E-state index in [1.54, 1.807) is 18.3 Å². The molecule has 3 heterocycles. The van der Waals surface area contributed by atoms with E-state index in [2.05, 4.69) is 32.0 Å². The molecule has 0 aromatic carbocycles. The van der Waals surface area contributed by atoms with Crippen LogP contribution in [0.4, 0.5) is 0 Å². The quantitative estimate of drug-likeness (QED) is 0.901. The van der Waals surface area contributed by atoms with E-state index in [-0.39, 0.29) is 11.9 Å². The Kier molecular flexibility index (Phi) is 4.55. The van der Waals surface area contributed by atoms with Gasteiger partial charge >= 0.3 is 0 Å². The minimum Gasteiger partial charge on any atom is -0.477 e. The smallest absolute Gasteiger partial charge is 0.257 e. The second-order valence-electron chi connectivity index (χ2n) is 5.49. The highest BCUT2D eigenvalue weighted by Gasteiger charge is 2.24. The van der Waals surface area contributed by atoms with Gasteiger partial charge in [0.15, 0.2) is 0 Å². The van der Waals surface area contributed by atoms with Crippen molar-refractivity contribution in [3.63, 3.8) is 0 Å². The van der Waals surface area contributed by atoms with Crippen LogP contribution in [0.5, 0.6) is 5.88 Å². The number of fused-ring (bicyclic) bond motifs is 1. The summed E-state index contributed by atoms with van der Waals surface area (Å²) in [6.07, 6.45) is 4.14. The molecule has 0 spiro atoms. The Morgan fingerprint density at radius 3 is 3.09 bits per heavy atom. The first-order valence-electron chi connectivity index (χ1n) is 8.02. The Balaban J connectivity index is 1.72. The van der Waals surface area contributed by atoms with E-state index in [1.165, 1.54) is 0 Å². The summed E-state index contributed by atoms with van der Waals surface area (Å²) >= 11 is 0. The van der Waals surface area contributed by atoms with E-state index in [9.17, 15) is 4.79 Å². The van der Waals surface area contributed by atoms with Crippen molar-refractivity contribution in [2.45, 2.75) is 45.7 Å². The maximum Gasteiger partial charge on any atom is 0.257 e. The summed E-state index contributed by atoms with van der Waals surface area (Å²) in [5, 5.41) is 11.5. The molecular weight excluding hydrogens is 294 g/mol. The number of hydrogen-bond donors (Lipinski definition) is 1. The van der Waals surface area contributed by atoms with Gasteiger partial charge in [0, 0.05) is 31.6 Å². The highest BCUT2D eigenvalue weighted by atomic mass is 16.5. The molecule has 1 N–H and O–H groups in total. The minimum absolute atomic E-state index is 0.0611. The fraction of sp³-hybridized carbons (Fsp3) is 0.500. The highest BCUT2D eigenvalue weighted by molar-refractivity contribution is 5.96. The number of carbonyl (C=O) groups excluding carboxylic acids is 1. The molecule has 2 aromatic rings. The van der Waals surface area contributed by atoms with Crippen LogP contribution in [0.25, 0.3) is 0 Å². The molecular formula is C16H21N5O2.